The average Bonchev–Trinajstić information content (AvgIpc) is 3.41. The number of amides is 2. The molecule has 0 aliphatic carbocycles. The predicted octanol–water partition coefficient (Wildman–Crippen LogP) is 2.64. The molecule has 0 fully saturated rings. The molecule has 3 rings (SSSR count). The van der Waals surface area contributed by atoms with Crippen molar-refractivity contribution in [2.45, 2.75) is 86.9 Å². The molecule has 1 aliphatic heterocycles. The predicted molar refractivity (Wildman–Crippen MR) is 289 cm³/mol. The highest BCUT2D eigenvalue weighted by atomic mass is 35.5. The Labute approximate surface area is 450 Å². The van der Waals surface area contributed by atoms with Crippen LogP contribution in [0.2, 0.25) is 5.15 Å². The summed E-state index contributed by atoms with van der Waals surface area (Å²) in [7, 11) is 23.2. The molecule has 75 heavy (non-hydrogen) atoms. The van der Waals surface area contributed by atoms with Gasteiger partial charge in [-0.05, 0) is 30.4 Å². The van der Waals surface area contributed by atoms with Crippen molar-refractivity contribution in [1.82, 2.24) is 34.5 Å². The summed E-state index contributed by atoms with van der Waals surface area (Å²) in [5, 5.41) is 8.42. The molecule has 1 unspecified atom stereocenters. The van der Waals surface area contributed by atoms with Gasteiger partial charge >= 0.3 is 0 Å². The van der Waals surface area contributed by atoms with Gasteiger partial charge in [-0.1, -0.05) is 35.9 Å². The topological polar surface area (TPSA) is 257 Å². The minimum atomic E-state index is -0.606. The summed E-state index contributed by atoms with van der Waals surface area (Å²) in [6.07, 6.45) is -0.697. The Hall–Kier alpha value is -4.37. The monoisotopic (exact) mass is 1080 g/mol. The fraction of sp³-hybridized carbons (Fsp3) is 0.725. The summed E-state index contributed by atoms with van der Waals surface area (Å²) in [6.45, 7) is 4.16. The molecule has 426 valence electrons. The third-order valence-electron chi connectivity index (χ3n) is 13.9. The molecule has 5 N–H and O–H groups in total. The zero-order chi connectivity index (χ0) is 55.8. The molecule has 1 aliphatic rings. The number of halogens is 1. The van der Waals surface area contributed by atoms with Gasteiger partial charge in [0.1, 0.15) is 36.6 Å². The van der Waals surface area contributed by atoms with Crippen molar-refractivity contribution in [3.05, 3.63) is 46.2 Å². The lowest BCUT2D eigenvalue weighted by molar-refractivity contribution is -0.170. The Morgan fingerprint density at radius 1 is 0.693 bits per heavy atom. The highest BCUT2D eigenvalue weighted by molar-refractivity contribution is 6.31. The number of benzene rings is 1. The van der Waals surface area contributed by atoms with Gasteiger partial charge in [-0.2, -0.15) is 0 Å². The van der Waals surface area contributed by atoms with E-state index in [9.17, 15) is 9.59 Å². The SMILES string of the molecule is COC[C@@H](OC)[C@@H](OC)[C@H](OC)[C@H](CN(CCN(C)C(=O)CCC1=NCC(c2ccc(CCCCN(C)C(=N)N(C)C(=O)c3nc(Cl)c(N)nc3N)cc2)CN1C)C[C@H](OC)[C@@H](OC)[C@H](OC)[C@@H](COC)OC)OC. The van der Waals surface area contributed by atoms with Crippen LogP contribution in [-0.4, -0.2) is 265 Å². The van der Waals surface area contributed by atoms with Gasteiger partial charge in [0, 0.05) is 164 Å². The lowest BCUT2D eigenvalue weighted by Crippen LogP contribution is -2.56. The minimum Gasteiger partial charge on any atom is -0.382 e. The number of anilines is 2. The van der Waals surface area contributed by atoms with Crippen LogP contribution in [0, 0.1) is 5.41 Å². The molecule has 2 heterocycles. The van der Waals surface area contributed by atoms with Crippen LogP contribution >= 0.6 is 11.6 Å². The number of nitrogens with zero attached hydrogens (tertiary/aromatic N) is 8. The number of nitrogens with two attached hydrogens (primary N) is 2. The first-order valence-corrected chi connectivity index (χ1v) is 25.5. The maximum atomic E-state index is 13.8. The lowest BCUT2D eigenvalue weighted by atomic mass is 9.95. The molecular weight excluding hydrogens is 994 g/mol. The number of amidine groups is 1. The highest BCUT2D eigenvalue weighted by Crippen LogP contribution is 2.25. The molecular formula is C51H88ClN11O12. The number of likely N-dealkylation sites (N-methyl/N-ethyl adjacent to an activating group) is 2. The summed E-state index contributed by atoms with van der Waals surface area (Å²) in [5.41, 5.74) is 13.8. The lowest BCUT2D eigenvalue weighted by Gasteiger charge is -2.40. The number of aliphatic imine (C=N–C) groups is 1. The second kappa shape index (κ2) is 33.7. The molecule has 0 saturated heterocycles. The van der Waals surface area contributed by atoms with Crippen molar-refractivity contribution >= 4 is 46.8 Å². The Morgan fingerprint density at radius 3 is 1.69 bits per heavy atom. The number of rotatable bonds is 35. The molecule has 0 spiro atoms. The van der Waals surface area contributed by atoms with Gasteiger partial charge in [-0.3, -0.25) is 29.8 Å². The van der Waals surface area contributed by atoms with Crippen LogP contribution in [0.3, 0.4) is 0 Å². The van der Waals surface area contributed by atoms with E-state index in [2.05, 4.69) is 44.0 Å². The van der Waals surface area contributed by atoms with E-state index in [0.29, 0.717) is 52.1 Å². The van der Waals surface area contributed by atoms with Gasteiger partial charge in [0.15, 0.2) is 28.4 Å². The van der Waals surface area contributed by atoms with Gasteiger partial charge in [-0.25, -0.2) is 9.97 Å². The van der Waals surface area contributed by atoms with Crippen LogP contribution in [0.5, 0.6) is 0 Å². The molecule has 0 bridgehead atoms. The molecule has 2 aromatic rings. The van der Waals surface area contributed by atoms with Crippen molar-refractivity contribution in [2.24, 2.45) is 4.99 Å². The number of aryl methyl sites for hydroxylation is 1. The van der Waals surface area contributed by atoms with E-state index in [1.807, 2.05) is 14.1 Å². The van der Waals surface area contributed by atoms with Crippen LogP contribution in [-0.2, 0) is 58.6 Å². The summed E-state index contributed by atoms with van der Waals surface area (Å²) >= 11 is 5.96. The Kier molecular flexibility index (Phi) is 29.2. The summed E-state index contributed by atoms with van der Waals surface area (Å²) in [4.78, 5) is 48.5. The summed E-state index contributed by atoms with van der Waals surface area (Å²) < 4.78 is 58.6. The van der Waals surface area contributed by atoms with Crippen molar-refractivity contribution in [3.8, 4) is 0 Å². The van der Waals surface area contributed by atoms with E-state index in [1.54, 1.807) is 87.9 Å². The van der Waals surface area contributed by atoms with Gasteiger partial charge in [-0.15, -0.1) is 0 Å². The first-order chi connectivity index (χ1) is 35.9. The third-order valence-corrected chi connectivity index (χ3v) is 14.1. The highest BCUT2D eigenvalue weighted by Gasteiger charge is 2.40. The normalized spacial score (nSPS) is 17.1. The van der Waals surface area contributed by atoms with Crippen molar-refractivity contribution in [1.29, 1.82) is 5.41 Å². The maximum Gasteiger partial charge on any atom is 0.282 e. The second-order valence-electron chi connectivity index (χ2n) is 18.7. The molecule has 0 saturated carbocycles. The number of unbranched alkanes of at least 4 members (excludes halogenated alkanes) is 1. The quantitative estimate of drug-likeness (QED) is 0.0509. The van der Waals surface area contributed by atoms with Crippen LogP contribution in [0.15, 0.2) is 29.3 Å². The largest absolute Gasteiger partial charge is 0.382 e. The molecule has 0 radical (unpaired) electrons. The first kappa shape index (κ1) is 64.9. The number of hydrogen-bond acceptors (Lipinski definition) is 20. The van der Waals surface area contributed by atoms with Crippen molar-refractivity contribution in [2.75, 3.05) is 170 Å². The van der Waals surface area contributed by atoms with Gasteiger partial charge in [0.25, 0.3) is 5.91 Å². The van der Waals surface area contributed by atoms with E-state index in [0.717, 1.165) is 36.5 Å². The van der Waals surface area contributed by atoms with E-state index in [4.69, 9.17) is 80.8 Å². The van der Waals surface area contributed by atoms with Crippen molar-refractivity contribution < 1.29 is 57.0 Å². The fourth-order valence-electron chi connectivity index (χ4n) is 9.29. The number of guanidine groups is 1. The van der Waals surface area contributed by atoms with E-state index >= 15 is 0 Å². The molecule has 1 aromatic heterocycles. The van der Waals surface area contributed by atoms with Gasteiger partial charge in [0.2, 0.25) is 5.91 Å². The number of aromatic nitrogens is 2. The smallest absolute Gasteiger partial charge is 0.282 e. The summed E-state index contributed by atoms with van der Waals surface area (Å²) in [5.74, 6) is 0.272. The number of ether oxygens (including phenoxy) is 10. The molecule has 2 amide bonds. The van der Waals surface area contributed by atoms with Crippen molar-refractivity contribution in [3.63, 3.8) is 0 Å². The van der Waals surface area contributed by atoms with Crippen LogP contribution < -0.4 is 11.5 Å². The molecule has 1 aromatic carbocycles. The standard InChI is InChI=1S/C51H88ClN11O12/c1-59(25-26-63(29-36(68-7)43(72-11)45(74-13)38(70-9)31-66-5)30-37(69-8)44(73-12)46(75-14)39(71-10)32-67-6)41(64)23-22-40-56-27-35(28-61(40)3)34-20-18-33(19-21-34)17-15-16-24-60(2)51(55)62(4)50(65)42-48(53)58-49(54)47(52)57-42/h18-21,35-39,43-46,55H,15-17,22-32H2,1-14H3,(H4,53,54,58)/t35?,36-,37-,38+,39+,43+,44+,45+,46+/m0/s1. The van der Waals surface area contributed by atoms with E-state index in [-0.39, 0.29) is 53.5 Å². The van der Waals surface area contributed by atoms with E-state index < -0.39 is 54.7 Å². The number of carbonyl (C=O) groups is 2. The second-order valence-corrected chi connectivity index (χ2v) is 19.0. The number of carbonyl (C=O) groups excluding carboxylic acids is 2. The van der Waals surface area contributed by atoms with E-state index in [1.165, 1.54) is 18.2 Å². The third kappa shape index (κ3) is 19.0. The minimum absolute atomic E-state index is 0.00262. The number of nitrogen functional groups attached to an aromatic ring is 2. The molecule has 24 heteroatoms. The Morgan fingerprint density at radius 2 is 1.21 bits per heavy atom. The number of nitrogens with one attached hydrogen (secondary N) is 1. The molecule has 23 nitrogen and oxygen atoms in total. The zero-order valence-electron chi connectivity index (χ0n) is 46.9. The average molecular weight is 1080 g/mol. The maximum absolute atomic E-state index is 13.8. The first-order valence-electron chi connectivity index (χ1n) is 25.1. The van der Waals surface area contributed by atoms with Gasteiger partial charge in [0.05, 0.1) is 31.3 Å². The van der Waals surface area contributed by atoms with Crippen LogP contribution in [0.4, 0.5) is 11.6 Å². The Balaban J connectivity index is 1.62. The Bertz CT molecular complexity index is 2010. The summed E-state index contributed by atoms with van der Waals surface area (Å²) in [6, 6.07) is 8.67. The fourth-order valence-corrected chi connectivity index (χ4v) is 9.42. The van der Waals surface area contributed by atoms with Crippen LogP contribution in [0.25, 0.3) is 0 Å². The number of hydrogen-bond donors (Lipinski definition) is 3. The molecule has 9 atom stereocenters. The van der Waals surface area contributed by atoms with Gasteiger partial charge < -0.3 is 73.5 Å². The number of methoxy groups -OCH3 is 10. The zero-order valence-corrected chi connectivity index (χ0v) is 47.7. The van der Waals surface area contributed by atoms with Crippen LogP contribution in [0.1, 0.15) is 53.2 Å².